The summed E-state index contributed by atoms with van der Waals surface area (Å²) in [6.07, 6.45) is 6.66. The molecule has 0 saturated carbocycles. The molecule has 2 N–H and O–H groups in total. The number of amides is 1. The van der Waals surface area contributed by atoms with Crippen molar-refractivity contribution in [2.45, 2.75) is 25.8 Å². The van der Waals surface area contributed by atoms with Gasteiger partial charge in [-0.1, -0.05) is 25.1 Å². The van der Waals surface area contributed by atoms with Crippen LogP contribution in [0.1, 0.15) is 44.8 Å². The Bertz CT molecular complexity index is 1230. The maximum absolute atomic E-state index is 11.5. The third-order valence-electron chi connectivity index (χ3n) is 5.85. The number of carbonyl (C=O) groups excluding carboxylic acids is 1. The molecule has 2 aromatic heterocycles. The molecule has 7 heteroatoms. The van der Waals surface area contributed by atoms with E-state index in [-0.39, 0.29) is 11.8 Å². The van der Waals surface area contributed by atoms with Crippen LogP contribution in [0.15, 0.2) is 67.1 Å². The van der Waals surface area contributed by atoms with E-state index in [4.69, 9.17) is 10.7 Å². The highest BCUT2D eigenvalue weighted by Crippen LogP contribution is 2.35. The number of thiazole rings is 1. The summed E-state index contributed by atoms with van der Waals surface area (Å²) in [7, 11) is 0. The third-order valence-corrected chi connectivity index (χ3v) is 7.09. The van der Waals surface area contributed by atoms with E-state index in [1.807, 2.05) is 41.3 Å². The fourth-order valence-electron chi connectivity index (χ4n) is 4.02. The summed E-state index contributed by atoms with van der Waals surface area (Å²) in [6.45, 7) is 3.87. The van der Waals surface area contributed by atoms with Gasteiger partial charge in [-0.05, 0) is 53.4 Å². The van der Waals surface area contributed by atoms with Crippen LogP contribution in [0.2, 0.25) is 0 Å². The summed E-state index contributed by atoms with van der Waals surface area (Å²) in [4.78, 5) is 19.8. The Morgan fingerprint density at radius 1 is 1.16 bits per heavy atom. The maximum atomic E-state index is 11.5. The second kappa shape index (κ2) is 8.00. The Balaban J connectivity index is 1.36. The van der Waals surface area contributed by atoms with E-state index in [9.17, 15) is 4.79 Å². The van der Waals surface area contributed by atoms with Crippen molar-refractivity contribution in [1.82, 2.24) is 14.8 Å². The molecule has 0 spiro atoms. The van der Waals surface area contributed by atoms with Gasteiger partial charge in [0.05, 0.1) is 5.69 Å². The Morgan fingerprint density at radius 3 is 2.87 bits per heavy atom. The molecule has 0 saturated heterocycles. The van der Waals surface area contributed by atoms with E-state index >= 15 is 0 Å². The van der Waals surface area contributed by atoms with Crippen molar-refractivity contribution < 1.29 is 4.79 Å². The highest BCUT2D eigenvalue weighted by molar-refractivity contribution is 7.15. The molecule has 0 fully saturated rings. The molecule has 1 aliphatic heterocycles. The lowest BCUT2D eigenvalue weighted by atomic mass is 9.97. The van der Waals surface area contributed by atoms with Crippen molar-refractivity contribution in [3.63, 3.8) is 0 Å². The van der Waals surface area contributed by atoms with Crippen LogP contribution in [0.25, 0.3) is 5.69 Å². The van der Waals surface area contributed by atoms with Gasteiger partial charge in [0.1, 0.15) is 0 Å². The fraction of sp³-hybridized carbons (Fsp3) is 0.208. The first-order chi connectivity index (χ1) is 15.1. The first-order valence-corrected chi connectivity index (χ1v) is 11.1. The number of rotatable bonds is 5. The monoisotopic (exact) mass is 429 g/mol. The summed E-state index contributed by atoms with van der Waals surface area (Å²) < 4.78 is 1.87. The zero-order valence-electron chi connectivity index (χ0n) is 17.2. The minimum atomic E-state index is -0.386. The first kappa shape index (κ1) is 19.5. The van der Waals surface area contributed by atoms with Gasteiger partial charge in [-0.3, -0.25) is 4.79 Å². The van der Waals surface area contributed by atoms with E-state index in [0.717, 1.165) is 35.9 Å². The van der Waals surface area contributed by atoms with Crippen molar-refractivity contribution >= 4 is 22.4 Å². The highest BCUT2D eigenvalue weighted by atomic mass is 32.1. The van der Waals surface area contributed by atoms with E-state index in [1.165, 1.54) is 16.0 Å². The standard InChI is InChI=1S/C24H23N5OS/c1-16(18-4-2-5-21(13-18)29-10-3-9-27-29)22-14-26-24(31-22)28-11-8-17-6-7-19(23(25)30)12-20(17)15-28/h2-7,9-10,12-14,16H,8,11,15H2,1H3,(H2,25,30). The topological polar surface area (TPSA) is 77.0 Å². The molecule has 4 aromatic rings. The van der Waals surface area contributed by atoms with Crippen molar-refractivity contribution in [3.05, 3.63) is 94.3 Å². The van der Waals surface area contributed by atoms with Crippen LogP contribution >= 0.6 is 11.3 Å². The quantitative estimate of drug-likeness (QED) is 0.517. The molecule has 5 rings (SSSR count). The van der Waals surface area contributed by atoms with Gasteiger partial charge in [0, 0.05) is 48.0 Å². The average Bonchev–Trinajstić information content (AvgIpc) is 3.50. The lowest BCUT2D eigenvalue weighted by Gasteiger charge is -2.28. The van der Waals surface area contributed by atoms with E-state index in [2.05, 4.69) is 41.2 Å². The first-order valence-electron chi connectivity index (χ1n) is 10.3. The van der Waals surface area contributed by atoms with Gasteiger partial charge in [-0.15, -0.1) is 11.3 Å². The summed E-state index contributed by atoms with van der Waals surface area (Å²) in [6, 6.07) is 16.2. The number of hydrogen-bond acceptors (Lipinski definition) is 5. The van der Waals surface area contributed by atoms with Gasteiger partial charge in [-0.25, -0.2) is 9.67 Å². The van der Waals surface area contributed by atoms with Crippen LogP contribution in [0.4, 0.5) is 5.13 Å². The minimum absolute atomic E-state index is 0.236. The van der Waals surface area contributed by atoms with Crippen molar-refractivity contribution in [2.24, 2.45) is 5.73 Å². The SMILES string of the molecule is CC(c1cccc(-n2cccn2)c1)c1cnc(N2CCc3ccc(C(N)=O)cc3C2)s1. The molecule has 1 amide bonds. The Labute approximate surface area is 185 Å². The van der Waals surface area contributed by atoms with E-state index < -0.39 is 0 Å². The van der Waals surface area contributed by atoms with E-state index in [0.29, 0.717) is 5.56 Å². The largest absolute Gasteiger partial charge is 0.366 e. The molecule has 3 heterocycles. The molecular formula is C24H23N5OS. The lowest BCUT2D eigenvalue weighted by Crippen LogP contribution is -2.30. The van der Waals surface area contributed by atoms with Gasteiger partial charge in [0.15, 0.2) is 5.13 Å². The molecule has 1 atom stereocenters. The normalized spacial score (nSPS) is 14.3. The lowest BCUT2D eigenvalue weighted by molar-refractivity contribution is 0.1000. The fourth-order valence-corrected chi connectivity index (χ4v) is 5.04. The van der Waals surface area contributed by atoms with Gasteiger partial charge in [0.2, 0.25) is 5.91 Å². The molecule has 1 unspecified atom stereocenters. The van der Waals surface area contributed by atoms with Crippen LogP contribution in [-0.4, -0.2) is 27.2 Å². The number of benzene rings is 2. The van der Waals surface area contributed by atoms with E-state index in [1.54, 1.807) is 17.5 Å². The van der Waals surface area contributed by atoms with Crippen LogP contribution in [-0.2, 0) is 13.0 Å². The second-order valence-corrected chi connectivity index (χ2v) is 8.87. The Morgan fingerprint density at radius 2 is 2.06 bits per heavy atom. The summed E-state index contributed by atoms with van der Waals surface area (Å²) >= 11 is 1.73. The molecule has 0 aliphatic carbocycles. The zero-order chi connectivity index (χ0) is 21.4. The van der Waals surface area contributed by atoms with Gasteiger partial charge < -0.3 is 10.6 Å². The Kier molecular flexibility index (Phi) is 5.03. The number of hydrogen-bond donors (Lipinski definition) is 1. The van der Waals surface area contributed by atoms with Crippen LogP contribution in [0.5, 0.6) is 0 Å². The summed E-state index contributed by atoms with van der Waals surface area (Å²) in [5.41, 5.74) is 10.7. The van der Waals surface area contributed by atoms with Crippen LogP contribution < -0.4 is 10.6 Å². The molecule has 156 valence electrons. The number of anilines is 1. The number of fused-ring (bicyclic) bond motifs is 1. The van der Waals surface area contributed by atoms with Crippen molar-refractivity contribution in [3.8, 4) is 5.69 Å². The maximum Gasteiger partial charge on any atom is 0.248 e. The minimum Gasteiger partial charge on any atom is -0.366 e. The molecule has 6 nitrogen and oxygen atoms in total. The number of aromatic nitrogens is 3. The summed E-state index contributed by atoms with van der Waals surface area (Å²) in [5, 5.41) is 5.35. The summed E-state index contributed by atoms with van der Waals surface area (Å²) in [5.74, 6) is -0.150. The number of nitrogens with two attached hydrogens (primary N) is 1. The van der Waals surface area contributed by atoms with Crippen LogP contribution in [0.3, 0.4) is 0 Å². The van der Waals surface area contributed by atoms with Gasteiger partial charge in [0.25, 0.3) is 0 Å². The number of primary amides is 1. The highest BCUT2D eigenvalue weighted by Gasteiger charge is 2.21. The van der Waals surface area contributed by atoms with Gasteiger partial charge >= 0.3 is 0 Å². The Hall–Kier alpha value is -3.45. The molecular weight excluding hydrogens is 406 g/mol. The zero-order valence-corrected chi connectivity index (χ0v) is 18.0. The predicted octanol–water partition coefficient (Wildman–Crippen LogP) is 4.14. The molecule has 2 aromatic carbocycles. The van der Waals surface area contributed by atoms with Crippen LogP contribution in [0, 0.1) is 0 Å². The molecule has 0 bridgehead atoms. The van der Waals surface area contributed by atoms with Crippen molar-refractivity contribution in [1.29, 1.82) is 0 Å². The predicted molar refractivity (Wildman–Crippen MR) is 123 cm³/mol. The third kappa shape index (κ3) is 3.84. The smallest absolute Gasteiger partial charge is 0.248 e. The van der Waals surface area contributed by atoms with Gasteiger partial charge in [-0.2, -0.15) is 5.10 Å². The number of carbonyl (C=O) groups is 1. The van der Waals surface area contributed by atoms with Crippen molar-refractivity contribution in [2.75, 3.05) is 11.4 Å². The molecule has 0 radical (unpaired) electrons. The molecule has 1 aliphatic rings. The average molecular weight is 430 g/mol. The second-order valence-electron chi connectivity index (χ2n) is 7.83. The number of nitrogens with zero attached hydrogens (tertiary/aromatic N) is 4. The molecule has 31 heavy (non-hydrogen) atoms.